The van der Waals surface area contributed by atoms with Gasteiger partial charge in [-0.1, -0.05) is 28.1 Å². The lowest BCUT2D eigenvalue weighted by molar-refractivity contribution is -0.121. The number of carbonyl (C=O) groups excluding carboxylic acids is 1. The highest BCUT2D eigenvalue weighted by molar-refractivity contribution is 9.10. The van der Waals surface area contributed by atoms with Crippen LogP contribution in [0.25, 0.3) is 0 Å². The summed E-state index contributed by atoms with van der Waals surface area (Å²) < 4.78 is 0.984. The van der Waals surface area contributed by atoms with E-state index in [9.17, 15) is 4.79 Å². The van der Waals surface area contributed by atoms with Gasteiger partial charge in [0.1, 0.15) is 5.38 Å². The van der Waals surface area contributed by atoms with E-state index in [-0.39, 0.29) is 5.91 Å². The number of benzene rings is 1. The predicted octanol–water partition coefficient (Wildman–Crippen LogP) is 3.01. The highest BCUT2D eigenvalue weighted by atomic mass is 79.9. The average Bonchev–Trinajstić information content (AvgIpc) is 3.02. The van der Waals surface area contributed by atoms with Gasteiger partial charge < -0.3 is 5.32 Å². The summed E-state index contributed by atoms with van der Waals surface area (Å²) in [5.74, 6) is -0.0958. The maximum atomic E-state index is 11.6. The first kappa shape index (κ1) is 11.0. The van der Waals surface area contributed by atoms with Crippen LogP contribution in [0.1, 0.15) is 23.8 Å². The molecule has 1 aromatic carbocycles. The van der Waals surface area contributed by atoms with Crippen molar-refractivity contribution in [3.05, 3.63) is 34.3 Å². The summed E-state index contributed by atoms with van der Waals surface area (Å²) >= 11 is 9.39. The monoisotopic (exact) mass is 287 g/mol. The van der Waals surface area contributed by atoms with Crippen molar-refractivity contribution in [2.24, 2.45) is 0 Å². The summed E-state index contributed by atoms with van der Waals surface area (Å²) in [5, 5.41) is 2.30. The van der Waals surface area contributed by atoms with Crippen LogP contribution < -0.4 is 5.32 Å². The van der Waals surface area contributed by atoms with E-state index in [4.69, 9.17) is 11.6 Å². The highest BCUT2D eigenvalue weighted by Gasteiger charge is 2.27. The van der Waals surface area contributed by atoms with Crippen LogP contribution in [-0.2, 0) is 4.79 Å². The van der Waals surface area contributed by atoms with Crippen molar-refractivity contribution in [2.75, 3.05) is 0 Å². The van der Waals surface area contributed by atoms with Crippen LogP contribution in [0.15, 0.2) is 28.7 Å². The molecule has 0 radical (unpaired) electrons. The van der Waals surface area contributed by atoms with Crippen molar-refractivity contribution >= 4 is 33.4 Å². The topological polar surface area (TPSA) is 29.1 Å². The first-order valence-electron chi connectivity index (χ1n) is 4.87. The minimum Gasteiger partial charge on any atom is -0.352 e. The quantitative estimate of drug-likeness (QED) is 0.851. The van der Waals surface area contributed by atoms with Crippen molar-refractivity contribution in [2.45, 2.75) is 24.3 Å². The van der Waals surface area contributed by atoms with E-state index in [1.165, 1.54) is 0 Å². The van der Waals surface area contributed by atoms with Gasteiger partial charge in [0.2, 0.25) is 5.91 Å². The summed E-state index contributed by atoms with van der Waals surface area (Å²) in [6, 6.07) is 7.83. The first-order valence-corrected chi connectivity index (χ1v) is 6.09. The van der Waals surface area contributed by atoms with Crippen molar-refractivity contribution in [1.82, 2.24) is 5.32 Å². The van der Waals surface area contributed by atoms with Gasteiger partial charge in [-0.3, -0.25) is 4.79 Å². The Balaban J connectivity index is 2.02. The Hall–Kier alpha value is -0.540. The van der Waals surface area contributed by atoms with E-state index in [1.807, 2.05) is 24.3 Å². The molecule has 0 bridgehead atoms. The minimum absolute atomic E-state index is 0.0958. The summed E-state index contributed by atoms with van der Waals surface area (Å²) in [6.07, 6.45) is 2.16. The molecule has 1 unspecified atom stereocenters. The molecule has 1 saturated carbocycles. The molecule has 0 saturated heterocycles. The number of halogens is 2. The molecule has 4 heteroatoms. The molecule has 1 fully saturated rings. The van der Waals surface area contributed by atoms with E-state index in [2.05, 4.69) is 21.2 Å². The van der Waals surface area contributed by atoms with Gasteiger partial charge in [-0.15, -0.1) is 11.6 Å². The molecule has 1 aliphatic carbocycles. The van der Waals surface area contributed by atoms with Crippen molar-refractivity contribution in [3.63, 3.8) is 0 Å². The van der Waals surface area contributed by atoms with Gasteiger partial charge in [-0.05, 0) is 30.5 Å². The number of carbonyl (C=O) groups is 1. The highest BCUT2D eigenvalue weighted by Crippen LogP contribution is 2.25. The van der Waals surface area contributed by atoms with Crippen LogP contribution in [0, 0.1) is 0 Å². The van der Waals surface area contributed by atoms with Gasteiger partial charge in [0, 0.05) is 10.5 Å². The van der Waals surface area contributed by atoms with Crippen molar-refractivity contribution in [3.8, 4) is 0 Å². The Bertz CT molecular complexity index is 361. The summed E-state index contributed by atoms with van der Waals surface area (Å²) in [5.41, 5.74) is 0.831. The molecule has 1 N–H and O–H groups in total. The smallest absolute Gasteiger partial charge is 0.242 e. The standard InChI is InChI=1S/C11H11BrClNO/c12-8-3-1-7(2-4-8)10(13)11(15)14-9-5-6-9/h1-4,9-10H,5-6H2,(H,14,15). The molecule has 0 aliphatic heterocycles. The van der Waals surface area contributed by atoms with Gasteiger partial charge in [-0.2, -0.15) is 0 Å². The maximum Gasteiger partial charge on any atom is 0.242 e. The zero-order chi connectivity index (χ0) is 10.8. The van der Waals surface area contributed by atoms with Crippen LogP contribution in [-0.4, -0.2) is 11.9 Å². The SMILES string of the molecule is O=C(NC1CC1)C(Cl)c1ccc(Br)cc1. The lowest BCUT2D eigenvalue weighted by Gasteiger charge is -2.10. The van der Waals surface area contributed by atoms with Crippen LogP contribution in [0.3, 0.4) is 0 Å². The van der Waals surface area contributed by atoms with Gasteiger partial charge in [0.25, 0.3) is 0 Å². The first-order chi connectivity index (χ1) is 7.16. The Morgan fingerprint density at radius 3 is 2.53 bits per heavy atom. The summed E-state index contributed by atoms with van der Waals surface area (Å²) in [7, 11) is 0. The van der Waals surface area contributed by atoms with E-state index < -0.39 is 5.38 Å². The number of nitrogens with one attached hydrogen (secondary N) is 1. The molecular formula is C11H11BrClNO. The average molecular weight is 289 g/mol. The fourth-order valence-electron chi connectivity index (χ4n) is 1.29. The van der Waals surface area contributed by atoms with Gasteiger partial charge >= 0.3 is 0 Å². The van der Waals surface area contributed by atoms with Gasteiger partial charge in [0.15, 0.2) is 0 Å². The Kier molecular flexibility index (Phi) is 3.32. The predicted molar refractivity (Wildman–Crippen MR) is 63.9 cm³/mol. The fraction of sp³-hybridized carbons (Fsp3) is 0.364. The second-order valence-corrected chi connectivity index (χ2v) is 5.05. The lowest BCUT2D eigenvalue weighted by Crippen LogP contribution is -2.28. The second-order valence-electron chi connectivity index (χ2n) is 3.70. The molecule has 0 heterocycles. The van der Waals surface area contributed by atoms with Crippen LogP contribution in [0.4, 0.5) is 0 Å². The molecular weight excluding hydrogens is 277 g/mol. The van der Waals surface area contributed by atoms with Crippen molar-refractivity contribution in [1.29, 1.82) is 0 Å². The normalized spacial score (nSPS) is 17.2. The molecule has 2 rings (SSSR count). The zero-order valence-electron chi connectivity index (χ0n) is 8.04. The number of amides is 1. The van der Waals surface area contributed by atoms with Crippen LogP contribution in [0.2, 0.25) is 0 Å². The van der Waals surface area contributed by atoms with Gasteiger partial charge in [-0.25, -0.2) is 0 Å². The molecule has 80 valence electrons. The van der Waals surface area contributed by atoms with Crippen LogP contribution in [0.5, 0.6) is 0 Å². The van der Waals surface area contributed by atoms with Crippen LogP contribution >= 0.6 is 27.5 Å². The molecule has 1 aliphatic rings. The third kappa shape index (κ3) is 2.95. The van der Waals surface area contributed by atoms with E-state index in [1.54, 1.807) is 0 Å². The summed E-state index contributed by atoms with van der Waals surface area (Å²) in [4.78, 5) is 11.6. The Morgan fingerprint density at radius 1 is 1.40 bits per heavy atom. The molecule has 1 amide bonds. The molecule has 15 heavy (non-hydrogen) atoms. The van der Waals surface area contributed by atoms with E-state index >= 15 is 0 Å². The third-order valence-electron chi connectivity index (χ3n) is 2.32. The zero-order valence-corrected chi connectivity index (χ0v) is 10.4. The molecule has 0 aromatic heterocycles. The fourth-order valence-corrected chi connectivity index (χ4v) is 1.76. The summed E-state index contributed by atoms with van der Waals surface area (Å²) in [6.45, 7) is 0. The van der Waals surface area contributed by atoms with E-state index in [0.717, 1.165) is 22.9 Å². The minimum atomic E-state index is -0.585. The maximum absolute atomic E-state index is 11.6. The molecule has 0 spiro atoms. The molecule has 1 atom stereocenters. The van der Waals surface area contributed by atoms with Crippen molar-refractivity contribution < 1.29 is 4.79 Å². The molecule has 2 nitrogen and oxygen atoms in total. The number of hydrogen-bond donors (Lipinski definition) is 1. The third-order valence-corrected chi connectivity index (χ3v) is 3.30. The van der Waals surface area contributed by atoms with E-state index in [0.29, 0.717) is 6.04 Å². The lowest BCUT2D eigenvalue weighted by atomic mass is 10.1. The van der Waals surface area contributed by atoms with Gasteiger partial charge in [0.05, 0.1) is 0 Å². The Morgan fingerprint density at radius 2 is 2.00 bits per heavy atom. The Labute approximate surface area is 102 Å². The number of rotatable bonds is 3. The number of alkyl halides is 1. The largest absolute Gasteiger partial charge is 0.352 e. The number of hydrogen-bond acceptors (Lipinski definition) is 1. The molecule has 1 aromatic rings. The second kappa shape index (κ2) is 4.54.